The Labute approximate surface area is 166 Å². The smallest absolute Gasteiger partial charge is 0.251 e. The van der Waals surface area contributed by atoms with Crippen LogP contribution in [0.2, 0.25) is 0 Å². The van der Waals surface area contributed by atoms with E-state index in [9.17, 15) is 4.79 Å². The molecule has 3 rings (SSSR count). The molecule has 1 heterocycles. The van der Waals surface area contributed by atoms with Crippen molar-refractivity contribution in [2.45, 2.75) is 40.2 Å². The lowest BCUT2D eigenvalue weighted by Crippen LogP contribution is -2.26. The van der Waals surface area contributed by atoms with Gasteiger partial charge in [-0.15, -0.1) is 0 Å². The number of rotatable bonds is 6. The molecular weight excluding hydrogens is 348 g/mol. The Morgan fingerprint density at radius 2 is 1.68 bits per heavy atom. The van der Waals surface area contributed by atoms with Crippen LogP contribution in [-0.4, -0.2) is 15.9 Å². The molecule has 0 spiro atoms. The third kappa shape index (κ3) is 4.94. The van der Waals surface area contributed by atoms with Crippen LogP contribution in [0.1, 0.15) is 52.8 Å². The summed E-state index contributed by atoms with van der Waals surface area (Å²) in [6, 6.07) is 17.5. The summed E-state index contributed by atoms with van der Waals surface area (Å²) in [6.45, 7) is 7.98. The van der Waals surface area contributed by atoms with Crippen LogP contribution < -0.4 is 10.6 Å². The predicted octanol–water partition coefficient (Wildman–Crippen LogP) is 4.89. The third-order valence-corrected chi connectivity index (χ3v) is 4.60. The zero-order chi connectivity index (χ0) is 20.1. The van der Waals surface area contributed by atoms with E-state index in [1.807, 2.05) is 45.0 Å². The van der Waals surface area contributed by atoms with E-state index >= 15 is 0 Å². The maximum Gasteiger partial charge on any atom is 0.251 e. The molecule has 28 heavy (non-hydrogen) atoms. The lowest BCUT2D eigenvalue weighted by molar-refractivity contribution is 0.0940. The number of aryl methyl sites for hydroxylation is 3. The predicted molar refractivity (Wildman–Crippen MR) is 113 cm³/mol. The number of hydrogen-bond acceptors (Lipinski definition) is 4. The lowest BCUT2D eigenvalue weighted by Gasteiger charge is -2.15. The van der Waals surface area contributed by atoms with Crippen molar-refractivity contribution < 1.29 is 4.79 Å². The van der Waals surface area contributed by atoms with E-state index in [4.69, 9.17) is 0 Å². The van der Waals surface area contributed by atoms with Crippen LogP contribution in [0, 0.1) is 13.8 Å². The Bertz CT molecular complexity index is 946. The zero-order valence-corrected chi connectivity index (χ0v) is 16.8. The van der Waals surface area contributed by atoms with Gasteiger partial charge in [-0.25, -0.2) is 9.97 Å². The Hall–Kier alpha value is -3.21. The Kier molecular flexibility index (Phi) is 6.04. The minimum absolute atomic E-state index is 0.0715. The molecule has 1 atom stereocenters. The minimum Gasteiger partial charge on any atom is -0.346 e. The highest BCUT2D eigenvalue weighted by molar-refractivity contribution is 5.95. The van der Waals surface area contributed by atoms with Gasteiger partial charge in [0, 0.05) is 22.6 Å². The van der Waals surface area contributed by atoms with Crippen LogP contribution in [0.25, 0.3) is 0 Å². The second-order valence-electron chi connectivity index (χ2n) is 6.97. The summed E-state index contributed by atoms with van der Waals surface area (Å²) in [5.41, 5.74) is 5.53. The number of anilines is 2. The first kappa shape index (κ1) is 19.5. The highest BCUT2D eigenvalue weighted by atomic mass is 16.1. The zero-order valence-electron chi connectivity index (χ0n) is 16.8. The third-order valence-electron chi connectivity index (χ3n) is 4.60. The van der Waals surface area contributed by atoms with E-state index in [1.54, 1.807) is 6.07 Å². The van der Waals surface area contributed by atoms with Gasteiger partial charge in [-0.3, -0.25) is 4.79 Å². The summed E-state index contributed by atoms with van der Waals surface area (Å²) in [4.78, 5) is 21.5. The van der Waals surface area contributed by atoms with Gasteiger partial charge in [0.1, 0.15) is 0 Å². The van der Waals surface area contributed by atoms with Crippen molar-refractivity contribution >= 4 is 17.5 Å². The molecule has 1 amide bonds. The molecule has 0 fully saturated rings. The number of amides is 1. The largest absolute Gasteiger partial charge is 0.346 e. The standard InChI is InChI=1S/C23H26N4O/c1-5-18-9-11-19(12-10-18)17(4)26-22(28)20-7-6-8-21(14-20)27-23-24-15(2)13-16(3)25-23/h6-14,17H,5H2,1-4H3,(H,26,28)(H,24,25,27). The average Bonchev–Trinajstić information content (AvgIpc) is 2.67. The summed E-state index contributed by atoms with van der Waals surface area (Å²) in [5, 5.41) is 6.24. The summed E-state index contributed by atoms with van der Waals surface area (Å²) in [7, 11) is 0. The Morgan fingerprint density at radius 1 is 1.00 bits per heavy atom. The molecule has 2 N–H and O–H groups in total. The average molecular weight is 374 g/mol. The first-order chi connectivity index (χ1) is 13.4. The van der Waals surface area contributed by atoms with Gasteiger partial charge in [0.25, 0.3) is 5.91 Å². The van der Waals surface area contributed by atoms with Gasteiger partial charge in [0.2, 0.25) is 5.95 Å². The number of nitrogens with zero attached hydrogens (tertiary/aromatic N) is 2. The molecule has 0 aliphatic rings. The van der Waals surface area contributed by atoms with E-state index < -0.39 is 0 Å². The van der Waals surface area contributed by atoms with Gasteiger partial charge < -0.3 is 10.6 Å². The van der Waals surface area contributed by atoms with Crippen molar-refractivity contribution in [3.05, 3.63) is 82.7 Å². The van der Waals surface area contributed by atoms with Gasteiger partial charge in [-0.2, -0.15) is 0 Å². The van der Waals surface area contributed by atoms with Gasteiger partial charge in [-0.1, -0.05) is 37.3 Å². The van der Waals surface area contributed by atoms with Crippen molar-refractivity contribution in [1.29, 1.82) is 0 Å². The Morgan fingerprint density at radius 3 is 2.32 bits per heavy atom. The van der Waals surface area contributed by atoms with Crippen LogP contribution in [0.5, 0.6) is 0 Å². The molecule has 5 heteroatoms. The van der Waals surface area contributed by atoms with Crippen molar-refractivity contribution in [3.8, 4) is 0 Å². The quantitative estimate of drug-likeness (QED) is 0.645. The molecule has 0 aliphatic carbocycles. The fraction of sp³-hybridized carbons (Fsp3) is 0.261. The molecule has 0 saturated carbocycles. The lowest BCUT2D eigenvalue weighted by atomic mass is 10.0. The second-order valence-corrected chi connectivity index (χ2v) is 6.97. The maximum atomic E-state index is 12.7. The Balaban J connectivity index is 1.70. The number of aromatic nitrogens is 2. The van der Waals surface area contributed by atoms with E-state index in [1.165, 1.54) is 5.56 Å². The number of carbonyl (C=O) groups is 1. The van der Waals surface area contributed by atoms with Gasteiger partial charge in [0.05, 0.1) is 6.04 Å². The van der Waals surface area contributed by atoms with Gasteiger partial charge in [0.15, 0.2) is 0 Å². The summed E-state index contributed by atoms with van der Waals surface area (Å²) < 4.78 is 0. The van der Waals surface area contributed by atoms with Crippen LogP contribution in [0.4, 0.5) is 11.6 Å². The molecule has 0 bridgehead atoms. The number of hydrogen-bond donors (Lipinski definition) is 2. The topological polar surface area (TPSA) is 66.9 Å². The van der Waals surface area contributed by atoms with E-state index in [0.717, 1.165) is 29.1 Å². The maximum absolute atomic E-state index is 12.7. The van der Waals surface area contributed by atoms with E-state index in [0.29, 0.717) is 11.5 Å². The van der Waals surface area contributed by atoms with Crippen LogP contribution in [0.15, 0.2) is 54.6 Å². The van der Waals surface area contributed by atoms with E-state index in [-0.39, 0.29) is 11.9 Å². The van der Waals surface area contributed by atoms with Crippen molar-refractivity contribution in [1.82, 2.24) is 15.3 Å². The molecule has 2 aromatic carbocycles. The molecule has 0 radical (unpaired) electrons. The normalized spacial score (nSPS) is 11.7. The summed E-state index contributed by atoms with van der Waals surface area (Å²) >= 11 is 0. The second kappa shape index (κ2) is 8.65. The van der Waals surface area contributed by atoms with Crippen LogP contribution >= 0.6 is 0 Å². The molecule has 1 aromatic heterocycles. The summed E-state index contributed by atoms with van der Waals surface area (Å²) in [6.07, 6.45) is 1.00. The van der Waals surface area contributed by atoms with Crippen LogP contribution in [-0.2, 0) is 6.42 Å². The first-order valence-corrected chi connectivity index (χ1v) is 9.53. The minimum atomic E-state index is -0.114. The van der Waals surface area contributed by atoms with Crippen molar-refractivity contribution in [2.24, 2.45) is 0 Å². The van der Waals surface area contributed by atoms with Crippen molar-refractivity contribution in [2.75, 3.05) is 5.32 Å². The van der Waals surface area contributed by atoms with E-state index in [2.05, 4.69) is 51.8 Å². The number of benzene rings is 2. The highest BCUT2D eigenvalue weighted by Crippen LogP contribution is 2.18. The van der Waals surface area contributed by atoms with Crippen molar-refractivity contribution in [3.63, 3.8) is 0 Å². The van der Waals surface area contributed by atoms with Crippen LogP contribution in [0.3, 0.4) is 0 Å². The number of nitrogens with one attached hydrogen (secondary N) is 2. The number of carbonyl (C=O) groups excluding carboxylic acids is 1. The molecule has 1 unspecified atom stereocenters. The fourth-order valence-corrected chi connectivity index (χ4v) is 3.05. The molecular formula is C23H26N4O. The van der Waals surface area contributed by atoms with Gasteiger partial charge in [-0.05, 0) is 62.6 Å². The molecule has 3 aromatic rings. The molecule has 0 aliphatic heterocycles. The molecule has 144 valence electrons. The highest BCUT2D eigenvalue weighted by Gasteiger charge is 2.12. The van der Waals surface area contributed by atoms with Gasteiger partial charge >= 0.3 is 0 Å². The molecule has 0 saturated heterocycles. The monoisotopic (exact) mass is 374 g/mol. The SMILES string of the molecule is CCc1ccc(C(C)NC(=O)c2cccc(Nc3nc(C)cc(C)n3)c2)cc1. The molecule has 5 nitrogen and oxygen atoms in total. The first-order valence-electron chi connectivity index (χ1n) is 9.53. The summed E-state index contributed by atoms with van der Waals surface area (Å²) in [5.74, 6) is 0.413. The fourth-order valence-electron chi connectivity index (χ4n) is 3.05.